The van der Waals surface area contributed by atoms with Gasteiger partial charge in [-0.2, -0.15) is 13.2 Å². The number of nitrogens with one attached hydrogen (secondary N) is 1. The molecule has 0 aromatic rings. The maximum Gasteiger partial charge on any atom is 0.411 e. The number of piperidine rings is 1. The molecule has 0 saturated carbocycles. The first-order chi connectivity index (χ1) is 8.49. The molecular formula is C12H23F3N2O. The van der Waals surface area contributed by atoms with E-state index >= 15 is 0 Å². The first kappa shape index (κ1) is 15.7. The lowest BCUT2D eigenvalue weighted by molar-refractivity contribution is -0.173. The zero-order valence-electron chi connectivity index (χ0n) is 10.9. The second kappa shape index (κ2) is 7.96. The number of hydrogen-bond acceptors (Lipinski definition) is 3. The standard InChI is InChI=1S/C12H23F3N2O/c1-17-7-3-2-5-11(17)9-16-6-4-8-18-10-12(13,14)15/h11,16H,2-10H2,1H3. The molecule has 1 aliphatic heterocycles. The van der Waals surface area contributed by atoms with Crippen LogP contribution in [0.25, 0.3) is 0 Å². The predicted molar refractivity (Wildman–Crippen MR) is 64.6 cm³/mol. The molecule has 0 aliphatic carbocycles. The molecule has 1 atom stereocenters. The number of hydrogen-bond donors (Lipinski definition) is 1. The number of likely N-dealkylation sites (tertiary alicyclic amines) is 1. The number of alkyl halides is 3. The fourth-order valence-electron chi connectivity index (χ4n) is 2.16. The summed E-state index contributed by atoms with van der Waals surface area (Å²) in [5.41, 5.74) is 0. The van der Waals surface area contributed by atoms with Crippen molar-refractivity contribution in [1.82, 2.24) is 10.2 Å². The summed E-state index contributed by atoms with van der Waals surface area (Å²) in [7, 11) is 2.12. The first-order valence-corrected chi connectivity index (χ1v) is 6.54. The smallest absolute Gasteiger partial charge is 0.372 e. The van der Waals surface area contributed by atoms with Crippen LogP contribution in [-0.2, 0) is 4.74 Å². The zero-order valence-corrected chi connectivity index (χ0v) is 10.9. The highest BCUT2D eigenvalue weighted by molar-refractivity contribution is 4.75. The fourth-order valence-corrected chi connectivity index (χ4v) is 2.16. The van der Waals surface area contributed by atoms with Gasteiger partial charge in [0.1, 0.15) is 6.61 Å². The molecule has 0 bridgehead atoms. The molecule has 1 unspecified atom stereocenters. The third kappa shape index (κ3) is 7.18. The molecule has 18 heavy (non-hydrogen) atoms. The van der Waals surface area contributed by atoms with E-state index in [1.165, 1.54) is 19.3 Å². The molecule has 1 fully saturated rings. The maximum atomic E-state index is 11.8. The van der Waals surface area contributed by atoms with E-state index < -0.39 is 12.8 Å². The van der Waals surface area contributed by atoms with Crippen molar-refractivity contribution in [3.8, 4) is 0 Å². The molecule has 1 N–H and O–H groups in total. The Morgan fingerprint density at radius 1 is 1.33 bits per heavy atom. The average molecular weight is 268 g/mol. The largest absolute Gasteiger partial charge is 0.411 e. The van der Waals surface area contributed by atoms with Crippen molar-refractivity contribution in [2.24, 2.45) is 0 Å². The van der Waals surface area contributed by atoms with E-state index in [0.717, 1.165) is 13.1 Å². The van der Waals surface area contributed by atoms with Crippen molar-refractivity contribution in [2.75, 3.05) is 39.9 Å². The molecule has 6 heteroatoms. The molecule has 1 heterocycles. The third-order valence-electron chi connectivity index (χ3n) is 3.21. The Labute approximate surface area is 107 Å². The molecule has 0 spiro atoms. The van der Waals surface area contributed by atoms with E-state index in [2.05, 4.69) is 22.0 Å². The van der Waals surface area contributed by atoms with Gasteiger partial charge in [-0.15, -0.1) is 0 Å². The van der Waals surface area contributed by atoms with E-state index in [-0.39, 0.29) is 6.61 Å². The topological polar surface area (TPSA) is 24.5 Å². The number of rotatable bonds is 7. The average Bonchev–Trinajstić information content (AvgIpc) is 2.28. The highest BCUT2D eigenvalue weighted by atomic mass is 19.4. The van der Waals surface area contributed by atoms with E-state index in [4.69, 9.17) is 0 Å². The second-order valence-corrected chi connectivity index (χ2v) is 4.86. The van der Waals surface area contributed by atoms with Gasteiger partial charge in [0.2, 0.25) is 0 Å². The molecule has 0 aromatic heterocycles. The lowest BCUT2D eigenvalue weighted by atomic mass is 10.0. The Morgan fingerprint density at radius 3 is 2.78 bits per heavy atom. The van der Waals surface area contributed by atoms with Gasteiger partial charge in [-0.1, -0.05) is 6.42 Å². The lowest BCUT2D eigenvalue weighted by Crippen LogP contribution is -2.43. The van der Waals surface area contributed by atoms with Crippen LogP contribution in [0.1, 0.15) is 25.7 Å². The number of nitrogens with zero attached hydrogens (tertiary/aromatic N) is 1. The van der Waals surface area contributed by atoms with E-state index in [0.29, 0.717) is 19.0 Å². The molecule has 1 saturated heterocycles. The van der Waals surface area contributed by atoms with Gasteiger partial charge in [-0.3, -0.25) is 0 Å². The van der Waals surface area contributed by atoms with Crippen molar-refractivity contribution in [1.29, 1.82) is 0 Å². The summed E-state index contributed by atoms with van der Waals surface area (Å²) in [6, 6.07) is 0.565. The van der Waals surface area contributed by atoms with Crippen molar-refractivity contribution < 1.29 is 17.9 Å². The van der Waals surface area contributed by atoms with Crippen LogP contribution in [0.4, 0.5) is 13.2 Å². The molecule has 0 amide bonds. The fraction of sp³-hybridized carbons (Fsp3) is 1.00. The van der Waals surface area contributed by atoms with Crippen molar-refractivity contribution in [2.45, 2.75) is 37.9 Å². The highest BCUT2D eigenvalue weighted by Crippen LogP contribution is 2.15. The second-order valence-electron chi connectivity index (χ2n) is 4.86. The van der Waals surface area contributed by atoms with Crippen LogP contribution in [-0.4, -0.2) is 57.0 Å². The minimum atomic E-state index is -4.21. The number of ether oxygens (including phenoxy) is 1. The first-order valence-electron chi connectivity index (χ1n) is 6.54. The summed E-state index contributed by atoms with van der Waals surface area (Å²) in [6.07, 6.45) is 0.141. The van der Waals surface area contributed by atoms with E-state index in [9.17, 15) is 13.2 Å². The summed E-state index contributed by atoms with van der Waals surface area (Å²) in [5, 5.41) is 3.28. The Kier molecular flexibility index (Phi) is 6.96. The maximum absolute atomic E-state index is 11.8. The Hall–Kier alpha value is -0.330. The van der Waals surface area contributed by atoms with Gasteiger partial charge in [-0.05, 0) is 39.4 Å². The lowest BCUT2D eigenvalue weighted by Gasteiger charge is -2.32. The minimum absolute atomic E-state index is 0.160. The molecule has 1 aliphatic rings. The van der Waals surface area contributed by atoms with Crippen molar-refractivity contribution in [3.63, 3.8) is 0 Å². The van der Waals surface area contributed by atoms with Gasteiger partial charge in [0.25, 0.3) is 0 Å². The zero-order chi connectivity index (χ0) is 13.4. The van der Waals surface area contributed by atoms with Crippen LogP contribution >= 0.6 is 0 Å². The highest BCUT2D eigenvalue weighted by Gasteiger charge is 2.27. The summed E-state index contributed by atoms with van der Waals surface area (Å²) < 4.78 is 39.8. The monoisotopic (exact) mass is 268 g/mol. The number of likely N-dealkylation sites (N-methyl/N-ethyl adjacent to an activating group) is 1. The number of halogens is 3. The molecule has 0 aromatic carbocycles. The Bertz CT molecular complexity index is 224. The van der Waals surface area contributed by atoms with Gasteiger partial charge < -0.3 is 15.0 Å². The van der Waals surface area contributed by atoms with Crippen LogP contribution in [0.2, 0.25) is 0 Å². The van der Waals surface area contributed by atoms with Crippen LogP contribution in [0.15, 0.2) is 0 Å². The molecule has 0 radical (unpaired) electrons. The van der Waals surface area contributed by atoms with Gasteiger partial charge in [0.15, 0.2) is 0 Å². The quantitative estimate of drug-likeness (QED) is 0.715. The van der Waals surface area contributed by atoms with Crippen LogP contribution in [0, 0.1) is 0 Å². The molecular weight excluding hydrogens is 245 g/mol. The normalized spacial score (nSPS) is 22.3. The molecule has 3 nitrogen and oxygen atoms in total. The van der Waals surface area contributed by atoms with E-state index in [1.807, 2.05) is 0 Å². The van der Waals surface area contributed by atoms with E-state index in [1.54, 1.807) is 0 Å². The minimum Gasteiger partial charge on any atom is -0.372 e. The van der Waals surface area contributed by atoms with Crippen molar-refractivity contribution in [3.05, 3.63) is 0 Å². The Balaban J connectivity index is 1.92. The van der Waals surface area contributed by atoms with Crippen molar-refractivity contribution >= 4 is 0 Å². The SMILES string of the molecule is CN1CCCCC1CNCCCOCC(F)(F)F. The van der Waals surface area contributed by atoms with Crippen LogP contribution in [0.3, 0.4) is 0 Å². The van der Waals surface area contributed by atoms with Gasteiger partial charge in [0.05, 0.1) is 0 Å². The molecule has 108 valence electrons. The third-order valence-corrected chi connectivity index (χ3v) is 3.21. The molecule has 1 rings (SSSR count). The summed E-state index contributed by atoms with van der Waals surface area (Å²) >= 11 is 0. The Morgan fingerprint density at radius 2 is 2.11 bits per heavy atom. The van der Waals surface area contributed by atoms with Gasteiger partial charge >= 0.3 is 6.18 Å². The van der Waals surface area contributed by atoms with Gasteiger partial charge in [-0.25, -0.2) is 0 Å². The van der Waals surface area contributed by atoms with Gasteiger partial charge in [0, 0.05) is 19.2 Å². The summed E-state index contributed by atoms with van der Waals surface area (Å²) in [4.78, 5) is 2.34. The summed E-state index contributed by atoms with van der Waals surface area (Å²) in [6.45, 7) is 1.78. The summed E-state index contributed by atoms with van der Waals surface area (Å²) in [5.74, 6) is 0. The predicted octanol–water partition coefficient (Wildman–Crippen LogP) is 2.03. The van der Waals surface area contributed by atoms with Crippen LogP contribution < -0.4 is 5.32 Å². The van der Waals surface area contributed by atoms with Crippen LogP contribution in [0.5, 0.6) is 0 Å².